The maximum Gasteiger partial charge on any atom is 0.237 e. The Hall–Kier alpha value is -1.91. The summed E-state index contributed by atoms with van der Waals surface area (Å²) in [6.07, 6.45) is 2.67. The lowest BCUT2D eigenvalue weighted by Gasteiger charge is -2.34. The van der Waals surface area contributed by atoms with Crippen LogP contribution in [-0.4, -0.2) is 30.4 Å². The van der Waals surface area contributed by atoms with Crippen molar-refractivity contribution in [1.29, 1.82) is 0 Å². The van der Waals surface area contributed by atoms with Crippen molar-refractivity contribution in [3.63, 3.8) is 0 Å². The molecule has 0 spiro atoms. The molecule has 1 aliphatic rings. The maximum absolute atomic E-state index is 12.3. The van der Waals surface area contributed by atoms with Crippen molar-refractivity contribution in [3.8, 4) is 0 Å². The van der Waals surface area contributed by atoms with E-state index < -0.39 is 5.79 Å². The van der Waals surface area contributed by atoms with Gasteiger partial charge in [0.15, 0.2) is 0 Å². The van der Waals surface area contributed by atoms with Gasteiger partial charge in [-0.1, -0.05) is 30.3 Å². The summed E-state index contributed by atoms with van der Waals surface area (Å²) in [5.74, 6) is -1.58. The van der Waals surface area contributed by atoms with Crippen molar-refractivity contribution < 1.29 is 19.4 Å². The van der Waals surface area contributed by atoms with Crippen molar-refractivity contribution >= 4 is 11.4 Å². The highest BCUT2D eigenvalue weighted by atomic mass is 16.7. The third-order valence-electron chi connectivity index (χ3n) is 3.37. The molecular formula is C16H18O4. The summed E-state index contributed by atoms with van der Waals surface area (Å²) < 4.78 is 10.8. The van der Waals surface area contributed by atoms with Gasteiger partial charge in [-0.05, 0) is 24.1 Å². The molecule has 1 aliphatic carbocycles. The molecular weight excluding hydrogens is 256 g/mol. The van der Waals surface area contributed by atoms with Crippen LogP contribution in [0.4, 0.5) is 0 Å². The molecule has 0 bridgehead atoms. The van der Waals surface area contributed by atoms with Crippen LogP contribution in [0.5, 0.6) is 0 Å². The van der Waals surface area contributed by atoms with E-state index in [-0.39, 0.29) is 12.2 Å². The fourth-order valence-electron chi connectivity index (χ4n) is 2.36. The van der Waals surface area contributed by atoms with Crippen molar-refractivity contribution in [2.24, 2.45) is 0 Å². The normalized spacial score (nSPS) is 24.8. The van der Waals surface area contributed by atoms with Crippen LogP contribution in [0.1, 0.15) is 18.9 Å². The standard InChI is InChI=1S/C16H18O4/c1-3-20-16(19-2)10-13(11-17)14(9-15(16)18)12-7-5-4-6-8-12/h4-9,11,17H,3,10H2,1-2H3. The third kappa shape index (κ3) is 2.53. The molecule has 20 heavy (non-hydrogen) atoms. The summed E-state index contributed by atoms with van der Waals surface area (Å²) in [5.41, 5.74) is 2.19. The second kappa shape index (κ2) is 6.03. The SMILES string of the molecule is CCOC1(OC)CC(=CO)C(c2ccccc2)=CC1=O. The number of carbonyl (C=O) groups excluding carboxylic acids is 1. The number of allylic oxidation sites excluding steroid dienone is 1. The minimum atomic E-state index is -1.33. The first-order valence-electron chi connectivity index (χ1n) is 6.51. The second-order valence-corrected chi connectivity index (χ2v) is 4.51. The van der Waals surface area contributed by atoms with Gasteiger partial charge in [-0.25, -0.2) is 0 Å². The van der Waals surface area contributed by atoms with Gasteiger partial charge in [0.05, 0.1) is 6.26 Å². The minimum absolute atomic E-state index is 0.188. The molecule has 2 rings (SSSR count). The van der Waals surface area contributed by atoms with E-state index in [1.54, 1.807) is 6.92 Å². The highest BCUT2D eigenvalue weighted by molar-refractivity contribution is 6.07. The van der Waals surface area contributed by atoms with Gasteiger partial charge in [-0.15, -0.1) is 0 Å². The van der Waals surface area contributed by atoms with Gasteiger partial charge < -0.3 is 14.6 Å². The van der Waals surface area contributed by atoms with Gasteiger partial charge in [0.25, 0.3) is 0 Å². The molecule has 106 valence electrons. The van der Waals surface area contributed by atoms with Crippen LogP contribution in [0.2, 0.25) is 0 Å². The molecule has 1 unspecified atom stereocenters. The molecule has 0 saturated heterocycles. The molecule has 1 aromatic carbocycles. The molecule has 1 atom stereocenters. The van der Waals surface area contributed by atoms with E-state index in [4.69, 9.17) is 9.47 Å². The van der Waals surface area contributed by atoms with E-state index in [9.17, 15) is 9.90 Å². The molecule has 4 nitrogen and oxygen atoms in total. The fourth-order valence-corrected chi connectivity index (χ4v) is 2.36. The summed E-state index contributed by atoms with van der Waals surface area (Å²) in [4.78, 5) is 12.3. The lowest BCUT2D eigenvalue weighted by Crippen LogP contribution is -2.45. The Morgan fingerprint density at radius 1 is 1.35 bits per heavy atom. The van der Waals surface area contributed by atoms with Gasteiger partial charge in [0.1, 0.15) is 0 Å². The van der Waals surface area contributed by atoms with E-state index in [0.717, 1.165) is 11.8 Å². The predicted octanol–water partition coefficient (Wildman–Crippen LogP) is 2.86. The average Bonchev–Trinajstić information content (AvgIpc) is 2.50. The first-order chi connectivity index (χ1) is 9.66. The van der Waals surface area contributed by atoms with Gasteiger partial charge in [0, 0.05) is 25.7 Å². The third-order valence-corrected chi connectivity index (χ3v) is 3.37. The number of carbonyl (C=O) groups is 1. The smallest absolute Gasteiger partial charge is 0.237 e. The fraction of sp³-hybridized carbons (Fsp3) is 0.312. The zero-order chi connectivity index (χ0) is 14.6. The lowest BCUT2D eigenvalue weighted by atomic mass is 9.85. The van der Waals surface area contributed by atoms with E-state index in [2.05, 4.69) is 0 Å². The first kappa shape index (κ1) is 14.5. The number of hydrogen-bond donors (Lipinski definition) is 1. The molecule has 0 heterocycles. The Morgan fingerprint density at radius 2 is 2.05 bits per heavy atom. The summed E-state index contributed by atoms with van der Waals surface area (Å²) in [5, 5.41) is 9.48. The van der Waals surface area contributed by atoms with Gasteiger partial charge in [0.2, 0.25) is 11.6 Å². The monoisotopic (exact) mass is 274 g/mol. The van der Waals surface area contributed by atoms with Crippen LogP contribution in [0, 0.1) is 0 Å². The molecule has 4 heteroatoms. The Balaban J connectivity index is 2.46. The summed E-state index contributed by atoms with van der Waals surface area (Å²) in [6, 6.07) is 9.45. The Labute approximate surface area is 118 Å². The second-order valence-electron chi connectivity index (χ2n) is 4.51. The van der Waals surface area contributed by atoms with E-state index in [0.29, 0.717) is 17.8 Å². The predicted molar refractivity (Wildman–Crippen MR) is 76.1 cm³/mol. The topological polar surface area (TPSA) is 55.8 Å². The Morgan fingerprint density at radius 3 is 2.60 bits per heavy atom. The summed E-state index contributed by atoms with van der Waals surface area (Å²) in [6.45, 7) is 2.15. The molecule has 0 radical (unpaired) electrons. The maximum atomic E-state index is 12.3. The van der Waals surface area contributed by atoms with E-state index >= 15 is 0 Å². The molecule has 0 amide bonds. The molecule has 1 N–H and O–H groups in total. The van der Waals surface area contributed by atoms with Crippen LogP contribution >= 0.6 is 0 Å². The molecule has 1 aromatic rings. The highest BCUT2D eigenvalue weighted by Crippen LogP contribution is 2.37. The molecule has 0 aromatic heterocycles. The first-order valence-corrected chi connectivity index (χ1v) is 6.51. The number of methoxy groups -OCH3 is 1. The van der Waals surface area contributed by atoms with Crippen LogP contribution in [0.25, 0.3) is 5.57 Å². The van der Waals surface area contributed by atoms with Crippen molar-refractivity contribution in [2.75, 3.05) is 13.7 Å². The van der Waals surface area contributed by atoms with Gasteiger partial charge in [-0.3, -0.25) is 4.79 Å². The van der Waals surface area contributed by atoms with Crippen LogP contribution in [0.3, 0.4) is 0 Å². The number of aliphatic hydroxyl groups is 1. The van der Waals surface area contributed by atoms with Gasteiger partial charge in [-0.2, -0.15) is 0 Å². The number of hydrogen-bond acceptors (Lipinski definition) is 4. The Bertz CT molecular complexity index is 545. The van der Waals surface area contributed by atoms with Crippen LogP contribution in [0.15, 0.2) is 48.2 Å². The quantitative estimate of drug-likeness (QED) is 0.677. The highest BCUT2D eigenvalue weighted by Gasteiger charge is 2.43. The van der Waals surface area contributed by atoms with E-state index in [1.807, 2.05) is 30.3 Å². The summed E-state index contributed by atoms with van der Waals surface area (Å²) in [7, 11) is 1.43. The number of aliphatic hydroxyl groups excluding tert-OH is 1. The lowest BCUT2D eigenvalue weighted by molar-refractivity contribution is -0.212. The van der Waals surface area contributed by atoms with E-state index in [1.165, 1.54) is 13.2 Å². The zero-order valence-electron chi connectivity index (χ0n) is 11.6. The average molecular weight is 274 g/mol. The number of benzene rings is 1. The minimum Gasteiger partial charge on any atom is -0.515 e. The van der Waals surface area contributed by atoms with Crippen LogP contribution < -0.4 is 0 Å². The van der Waals surface area contributed by atoms with Crippen molar-refractivity contribution in [2.45, 2.75) is 19.1 Å². The zero-order valence-corrected chi connectivity index (χ0v) is 11.6. The molecule has 0 fully saturated rings. The molecule has 0 saturated carbocycles. The number of ether oxygens (including phenoxy) is 2. The largest absolute Gasteiger partial charge is 0.515 e. The number of ketones is 1. The Kier molecular flexibility index (Phi) is 4.37. The van der Waals surface area contributed by atoms with Crippen molar-refractivity contribution in [3.05, 3.63) is 53.8 Å². The number of rotatable bonds is 4. The summed E-state index contributed by atoms with van der Waals surface area (Å²) >= 11 is 0. The van der Waals surface area contributed by atoms with Crippen molar-refractivity contribution in [1.82, 2.24) is 0 Å². The van der Waals surface area contributed by atoms with Gasteiger partial charge >= 0.3 is 0 Å². The molecule has 0 aliphatic heterocycles. The van der Waals surface area contributed by atoms with Crippen LogP contribution in [-0.2, 0) is 14.3 Å².